The molecule has 1 saturated heterocycles. The summed E-state index contributed by atoms with van der Waals surface area (Å²) in [7, 11) is 0. The third-order valence-electron chi connectivity index (χ3n) is 7.30. The first-order chi connectivity index (χ1) is 16.9. The lowest BCUT2D eigenvalue weighted by Gasteiger charge is -2.42. The monoisotopic (exact) mass is 491 g/mol. The highest BCUT2D eigenvalue weighted by molar-refractivity contribution is 6.34. The van der Waals surface area contributed by atoms with Gasteiger partial charge in [-0.2, -0.15) is 0 Å². The van der Waals surface area contributed by atoms with E-state index in [-0.39, 0.29) is 39.1 Å². The number of fused-ring (bicyclic) bond motifs is 2. The van der Waals surface area contributed by atoms with E-state index in [0.717, 1.165) is 42.5 Å². The normalized spacial score (nSPS) is 18.8. The Bertz CT molecular complexity index is 1590. The highest BCUT2D eigenvalue weighted by Gasteiger charge is 2.46. The number of hydrogen-bond acceptors (Lipinski definition) is 9. The second kappa shape index (κ2) is 7.85. The van der Waals surface area contributed by atoms with Gasteiger partial charge < -0.3 is 16.4 Å². The molecule has 11 nitrogen and oxygen atoms in total. The third kappa shape index (κ3) is 3.30. The fourth-order valence-electron chi connectivity index (χ4n) is 5.34. The molecule has 1 aliphatic heterocycles. The molecule has 0 unspecified atom stereocenters. The predicted molar refractivity (Wildman–Crippen MR) is 132 cm³/mol. The van der Waals surface area contributed by atoms with E-state index in [0.29, 0.717) is 5.82 Å². The highest BCUT2D eigenvalue weighted by Crippen LogP contribution is 2.50. The minimum absolute atomic E-state index is 0.000158. The van der Waals surface area contributed by atoms with Crippen molar-refractivity contribution in [1.29, 1.82) is 0 Å². The average molecular weight is 492 g/mol. The number of aromatic nitrogens is 6. The molecule has 4 aromatic heterocycles. The second-order valence-corrected chi connectivity index (χ2v) is 9.48. The molecule has 178 valence electrons. The number of halogens is 1. The Labute approximate surface area is 203 Å². The number of nitrogens with one attached hydrogen (secondary N) is 1. The van der Waals surface area contributed by atoms with Gasteiger partial charge in [0.2, 0.25) is 0 Å². The van der Waals surface area contributed by atoms with Crippen molar-refractivity contribution in [3.63, 3.8) is 0 Å². The number of nitrogens with zero attached hydrogens (tertiary/aromatic N) is 6. The van der Waals surface area contributed by atoms with Gasteiger partial charge in [-0.05, 0) is 47.9 Å². The van der Waals surface area contributed by atoms with Crippen LogP contribution in [0.5, 0.6) is 0 Å². The first-order valence-corrected chi connectivity index (χ1v) is 11.6. The minimum Gasteiger partial charge on any atom is -0.382 e. The highest BCUT2D eigenvalue weighted by atomic mass is 35.5. The van der Waals surface area contributed by atoms with Gasteiger partial charge in [0.05, 0.1) is 11.9 Å². The van der Waals surface area contributed by atoms with Gasteiger partial charge in [0.25, 0.3) is 5.56 Å². The molecule has 0 amide bonds. The summed E-state index contributed by atoms with van der Waals surface area (Å²) < 4.78 is 0.885. The van der Waals surface area contributed by atoms with Gasteiger partial charge in [-0.1, -0.05) is 11.6 Å². The van der Waals surface area contributed by atoms with E-state index in [4.69, 9.17) is 23.1 Å². The molecule has 1 fully saturated rings. The number of H-pyrrole nitrogens is 1. The summed E-state index contributed by atoms with van der Waals surface area (Å²) in [5, 5.41) is 0.00864. The number of nitrogen functional groups attached to an aromatic ring is 1. The zero-order valence-corrected chi connectivity index (χ0v) is 19.4. The SMILES string of the molecule is Nc1nccc(-n2c(=O)[nH]c3nc(N4CCC5(CC4)Cc4ccncc4[C@H]5N)cnc3c2=O)c1Cl. The van der Waals surface area contributed by atoms with Crippen LogP contribution in [0.1, 0.15) is 30.0 Å². The Morgan fingerprint density at radius 2 is 1.91 bits per heavy atom. The average Bonchev–Trinajstić information content (AvgIpc) is 3.13. The van der Waals surface area contributed by atoms with Crippen LogP contribution in [-0.2, 0) is 6.42 Å². The van der Waals surface area contributed by atoms with Crippen LogP contribution in [0.25, 0.3) is 16.9 Å². The molecule has 1 atom stereocenters. The molecule has 1 aliphatic carbocycles. The van der Waals surface area contributed by atoms with Crippen molar-refractivity contribution in [2.45, 2.75) is 25.3 Å². The van der Waals surface area contributed by atoms with E-state index in [2.05, 4.69) is 35.9 Å². The maximum Gasteiger partial charge on any atom is 0.334 e. The molecule has 0 saturated carbocycles. The summed E-state index contributed by atoms with van der Waals surface area (Å²) in [5.74, 6) is 0.610. The number of piperidine rings is 1. The van der Waals surface area contributed by atoms with E-state index in [1.54, 1.807) is 6.20 Å². The lowest BCUT2D eigenvalue weighted by molar-refractivity contribution is 0.187. The molecule has 5 heterocycles. The van der Waals surface area contributed by atoms with Crippen molar-refractivity contribution in [3.05, 3.63) is 73.9 Å². The summed E-state index contributed by atoms with van der Waals surface area (Å²) in [5.41, 5.74) is 13.7. The molecule has 35 heavy (non-hydrogen) atoms. The summed E-state index contributed by atoms with van der Waals surface area (Å²) >= 11 is 6.19. The molecule has 5 N–H and O–H groups in total. The van der Waals surface area contributed by atoms with Crippen LogP contribution in [0.3, 0.4) is 0 Å². The standard InChI is InChI=1S/C23H22ClN9O2/c24-16-14(2-6-28-19(16)26)33-21(34)17-20(31-22(33)35)30-15(11-29-17)32-7-3-23(4-8-32)9-12-1-5-27-10-13(12)18(23)25/h1-2,5-6,10-11,18H,3-4,7-9,25H2,(H2,26,28)(H,30,31,35)/t18-/m1/s1. The van der Waals surface area contributed by atoms with Gasteiger partial charge in [-0.3, -0.25) is 14.8 Å². The molecule has 2 aliphatic rings. The Hall–Kier alpha value is -3.83. The molecule has 0 aromatic carbocycles. The van der Waals surface area contributed by atoms with Crippen LogP contribution < -0.4 is 27.6 Å². The molecule has 1 spiro atoms. The van der Waals surface area contributed by atoms with E-state index in [9.17, 15) is 9.59 Å². The number of aromatic amines is 1. The van der Waals surface area contributed by atoms with Gasteiger partial charge >= 0.3 is 5.69 Å². The maximum absolute atomic E-state index is 13.1. The molecule has 4 aromatic rings. The third-order valence-corrected chi connectivity index (χ3v) is 7.68. The number of nitrogens with two attached hydrogens (primary N) is 2. The topological polar surface area (TPSA) is 162 Å². The quantitative estimate of drug-likeness (QED) is 0.375. The van der Waals surface area contributed by atoms with E-state index in [1.165, 1.54) is 17.8 Å². The van der Waals surface area contributed by atoms with E-state index >= 15 is 0 Å². The van der Waals surface area contributed by atoms with Crippen LogP contribution in [0.2, 0.25) is 5.02 Å². The van der Waals surface area contributed by atoms with Crippen molar-refractivity contribution < 1.29 is 0 Å². The largest absolute Gasteiger partial charge is 0.382 e. The summed E-state index contributed by atoms with van der Waals surface area (Å²) in [6.07, 6.45) is 9.35. The second-order valence-electron chi connectivity index (χ2n) is 9.10. The van der Waals surface area contributed by atoms with Crippen molar-refractivity contribution in [1.82, 2.24) is 29.5 Å². The van der Waals surface area contributed by atoms with E-state index < -0.39 is 11.2 Å². The molecule has 6 rings (SSSR count). The van der Waals surface area contributed by atoms with Crippen LogP contribution in [-0.4, -0.2) is 42.6 Å². The van der Waals surface area contributed by atoms with Gasteiger partial charge in [-0.15, -0.1) is 0 Å². The first kappa shape index (κ1) is 21.7. The van der Waals surface area contributed by atoms with Crippen LogP contribution in [0.15, 0.2) is 46.5 Å². The first-order valence-electron chi connectivity index (χ1n) is 11.2. The maximum atomic E-state index is 13.1. The number of pyridine rings is 2. The van der Waals surface area contributed by atoms with Crippen molar-refractivity contribution in [2.75, 3.05) is 23.7 Å². The van der Waals surface area contributed by atoms with Crippen molar-refractivity contribution in [3.8, 4) is 5.69 Å². The molecule has 12 heteroatoms. The number of anilines is 2. The Morgan fingerprint density at radius 1 is 1.11 bits per heavy atom. The lowest BCUT2D eigenvalue weighted by Crippen LogP contribution is -2.44. The Kier molecular flexibility index (Phi) is 4.87. The summed E-state index contributed by atoms with van der Waals surface area (Å²) in [6, 6.07) is 3.45. The zero-order valence-electron chi connectivity index (χ0n) is 18.6. The molecule has 0 radical (unpaired) electrons. The summed E-state index contributed by atoms with van der Waals surface area (Å²) in [6.45, 7) is 1.48. The number of rotatable bonds is 2. The summed E-state index contributed by atoms with van der Waals surface area (Å²) in [4.78, 5) is 47.7. The van der Waals surface area contributed by atoms with E-state index in [1.807, 2.05) is 12.4 Å². The molecular weight excluding hydrogens is 470 g/mol. The smallest absolute Gasteiger partial charge is 0.334 e. The Morgan fingerprint density at radius 3 is 2.69 bits per heavy atom. The van der Waals surface area contributed by atoms with Crippen LogP contribution in [0, 0.1) is 5.41 Å². The fourth-order valence-corrected chi connectivity index (χ4v) is 5.53. The predicted octanol–water partition coefficient (Wildman–Crippen LogP) is 1.34. The number of hydrogen-bond donors (Lipinski definition) is 3. The minimum atomic E-state index is -0.692. The molecular formula is C23H22ClN9O2. The molecule has 0 bridgehead atoms. The van der Waals surface area contributed by atoms with Crippen molar-refractivity contribution >= 4 is 34.4 Å². The van der Waals surface area contributed by atoms with Gasteiger partial charge in [0.1, 0.15) is 16.7 Å². The van der Waals surface area contributed by atoms with Gasteiger partial charge in [0, 0.05) is 37.7 Å². The zero-order chi connectivity index (χ0) is 24.3. The lowest BCUT2D eigenvalue weighted by atomic mass is 9.73. The fraction of sp³-hybridized carbons (Fsp3) is 0.304. The Balaban J connectivity index is 1.30. The van der Waals surface area contributed by atoms with Crippen LogP contribution in [0.4, 0.5) is 11.6 Å². The van der Waals surface area contributed by atoms with Gasteiger partial charge in [-0.25, -0.2) is 24.3 Å². The van der Waals surface area contributed by atoms with Crippen LogP contribution >= 0.6 is 11.6 Å². The van der Waals surface area contributed by atoms with Crippen molar-refractivity contribution in [2.24, 2.45) is 11.1 Å². The van der Waals surface area contributed by atoms with Gasteiger partial charge in [0.15, 0.2) is 11.2 Å².